The first-order chi connectivity index (χ1) is 13.3. The third-order valence-electron chi connectivity index (χ3n) is 10.1. The zero-order valence-electron chi connectivity index (χ0n) is 17.1. The van der Waals surface area contributed by atoms with Crippen LogP contribution in [0.4, 0.5) is 0 Å². The predicted octanol–water partition coefficient (Wildman–Crippen LogP) is 1.19. The zero-order valence-corrected chi connectivity index (χ0v) is 17.1. The molecular weight excluding hydrogens is 358 g/mol. The molecule has 2 N–H and O–H groups in total. The van der Waals surface area contributed by atoms with Gasteiger partial charge in [0.25, 0.3) is 0 Å². The number of aliphatic hydroxyl groups is 2. The first kappa shape index (κ1) is 18.1. The van der Waals surface area contributed by atoms with Crippen LogP contribution in [0.3, 0.4) is 0 Å². The number of hydrogen-bond donors (Lipinski definition) is 2. The zero-order chi connectivity index (χ0) is 19.6. The van der Waals surface area contributed by atoms with Gasteiger partial charge in [-0.2, -0.15) is 0 Å². The molecule has 11 atom stereocenters. The summed E-state index contributed by atoms with van der Waals surface area (Å²) in [4.78, 5) is 15.6. The Kier molecular flexibility index (Phi) is 3.44. The summed E-state index contributed by atoms with van der Waals surface area (Å²) in [6, 6.07) is 0.0757. The lowest BCUT2D eigenvalue weighted by Gasteiger charge is -2.69. The minimum Gasteiger partial charge on any atom is -0.462 e. The van der Waals surface area contributed by atoms with Gasteiger partial charge in [-0.05, 0) is 50.0 Å². The number of carbonyl (C=O) groups excluding carboxylic acids is 1. The van der Waals surface area contributed by atoms with Gasteiger partial charge in [-0.15, -0.1) is 0 Å². The Morgan fingerprint density at radius 1 is 1.32 bits per heavy atom. The van der Waals surface area contributed by atoms with E-state index in [9.17, 15) is 15.0 Å². The average Bonchev–Trinajstić information content (AvgIpc) is 2.73. The number of piperidine rings is 1. The molecule has 156 valence electrons. The van der Waals surface area contributed by atoms with Gasteiger partial charge in [0.15, 0.2) is 0 Å². The Labute approximate surface area is 166 Å². The standard InChI is InChI=1S/C22H33NO5/c1-4-23-10-20(2)7-6-13(27-3)22-12-9-11-5-8-21(26,14(12)19(25)28-11)15(18(22)23)16(24)17(20)22/h11-18,24,26H,4-10H2,1-3H3/t11-,12?,13-,14?,15-,16+,17?,18+,20-,21+,22-/m0/s1. The van der Waals surface area contributed by atoms with Crippen LogP contribution in [0.5, 0.6) is 0 Å². The van der Waals surface area contributed by atoms with E-state index in [2.05, 4.69) is 18.7 Å². The first-order valence-electron chi connectivity index (χ1n) is 11.2. The summed E-state index contributed by atoms with van der Waals surface area (Å²) in [5.41, 5.74) is -1.46. The molecule has 0 aromatic carbocycles. The molecule has 3 heterocycles. The Bertz CT molecular complexity index is 730. The van der Waals surface area contributed by atoms with Crippen LogP contribution >= 0.6 is 0 Å². The molecule has 28 heavy (non-hydrogen) atoms. The van der Waals surface area contributed by atoms with Crippen molar-refractivity contribution in [2.24, 2.45) is 34.5 Å². The van der Waals surface area contributed by atoms with E-state index in [0.717, 1.165) is 32.4 Å². The van der Waals surface area contributed by atoms with Crippen LogP contribution in [0.1, 0.15) is 46.0 Å². The van der Waals surface area contributed by atoms with Crippen molar-refractivity contribution in [3.63, 3.8) is 0 Å². The monoisotopic (exact) mass is 391 g/mol. The Morgan fingerprint density at radius 3 is 2.82 bits per heavy atom. The lowest BCUT2D eigenvalue weighted by atomic mass is 9.42. The van der Waals surface area contributed by atoms with E-state index in [-0.39, 0.29) is 52.8 Å². The van der Waals surface area contributed by atoms with Crippen molar-refractivity contribution in [1.82, 2.24) is 4.90 Å². The summed E-state index contributed by atoms with van der Waals surface area (Å²) in [6.45, 7) is 6.38. The second kappa shape index (κ2) is 5.32. The highest BCUT2D eigenvalue weighted by molar-refractivity contribution is 5.77. The number of likely N-dealkylation sites (tertiary alicyclic amines) is 1. The third-order valence-corrected chi connectivity index (χ3v) is 10.1. The number of esters is 1. The molecule has 6 heteroatoms. The van der Waals surface area contributed by atoms with Crippen molar-refractivity contribution < 1.29 is 24.5 Å². The molecule has 7 aliphatic rings. The second-order valence-corrected chi connectivity index (χ2v) is 10.8. The normalized spacial score (nSPS) is 61.8. The quantitative estimate of drug-likeness (QED) is 0.689. The van der Waals surface area contributed by atoms with Crippen molar-refractivity contribution in [2.45, 2.75) is 75.9 Å². The van der Waals surface area contributed by atoms with Crippen LogP contribution in [0.2, 0.25) is 0 Å². The van der Waals surface area contributed by atoms with Crippen molar-refractivity contribution in [1.29, 1.82) is 0 Å². The smallest absolute Gasteiger partial charge is 0.312 e. The van der Waals surface area contributed by atoms with Gasteiger partial charge < -0.3 is 19.7 Å². The summed E-state index contributed by atoms with van der Waals surface area (Å²) in [7, 11) is 1.79. The number of ether oxygens (including phenoxy) is 2. The Balaban J connectivity index is 1.66. The van der Waals surface area contributed by atoms with Crippen molar-refractivity contribution in [3.05, 3.63) is 0 Å². The fourth-order valence-corrected chi connectivity index (χ4v) is 9.64. The number of rotatable bonds is 2. The molecule has 9 bridgehead atoms. The van der Waals surface area contributed by atoms with Crippen molar-refractivity contribution in [3.8, 4) is 0 Å². The number of carbonyl (C=O) groups is 1. The largest absolute Gasteiger partial charge is 0.462 e. The lowest BCUT2D eigenvalue weighted by molar-refractivity contribution is -0.269. The van der Waals surface area contributed by atoms with Crippen LogP contribution in [-0.2, 0) is 14.3 Å². The maximum Gasteiger partial charge on any atom is 0.312 e. The fraction of sp³-hybridized carbons (Fsp3) is 0.955. The van der Waals surface area contributed by atoms with Gasteiger partial charge in [-0.1, -0.05) is 13.8 Å². The topological polar surface area (TPSA) is 79.2 Å². The molecule has 4 aliphatic carbocycles. The molecule has 0 radical (unpaired) electrons. The summed E-state index contributed by atoms with van der Waals surface area (Å²) in [5, 5.41) is 23.9. The summed E-state index contributed by atoms with van der Waals surface area (Å²) in [6.07, 6.45) is 3.38. The predicted molar refractivity (Wildman–Crippen MR) is 100 cm³/mol. The molecule has 1 spiro atoms. The van der Waals surface area contributed by atoms with E-state index < -0.39 is 17.6 Å². The van der Waals surface area contributed by atoms with Crippen LogP contribution in [0.15, 0.2) is 0 Å². The van der Waals surface area contributed by atoms with E-state index in [4.69, 9.17) is 9.47 Å². The van der Waals surface area contributed by atoms with Gasteiger partial charge in [0.2, 0.25) is 0 Å². The van der Waals surface area contributed by atoms with Crippen LogP contribution in [-0.4, -0.2) is 71.2 Å². The van der Waals surface area contributed by atoms with Gasteiger partial charge in [-0.25, -0.2) is 0 Å². The van der Waals surface area contributed by atoms with E-state index in [1.54, 1.807) is 7.11 Å². The molecule has 0 amide bonds. The van der Waals surface area contributed by atoms with Gasteiger partial charge in [-0.3, -0.25) is 9.69 Å². The molecule has 0 aromatic heterocycles. The van der Waals surface area contributed by atoms with E-state index in [1.807, 2.05) is 0 Å². The molecule has 3 saturated heterocycles. The van der Waals surface area contributed by atoms with E-state index in [1.165, 1.54) is 0 Å². The molecule has 7 fully saturated rings. The highest BCUT2D eigenvalue weighted by Crippen LogP contribution is 2.77. The van der Waals surface area contributed by atoms with Crippen LogP contribution in [0, 0.1) is 34.5 Å². The lowest BCUT2D eigenvalue weighted by Crippen LogP contribution is -2.76. The summed E-state index contributed by atoms with van der Waals surface area (Å²) >= 11 is 0. The van der Waals surface area contributed by atoms with Gasteiger partial charge >= 0.3 is 5.97 Å². The minimum atomic E-state index is -1.17. The van der Waals surface area contributed by atoms with Gasteiger partial charge in [0, 0.05) is 36.9 Å². The van der Waals surface area contributed by atoms with Crippen molar-refractivity contribution in [2.75, 3.05) is 20.2 Å². The molecule has 4 saturated carbocycles. The van der Waals surface area contributed by atoms with Gasteiger partial charge in [0.1, 0.15) is 6.10 Å². The Morgan fingerprint density at radius 2 is 2.11 bits per heavy atom. The van der Waals surface area contributed by atoms with E-state index in [0.29, 0.717) is 12.8 Å². The number of nitrogens with zero attached hydrogens (tertiary/aromatic N) is 1. The highest BCUT2D eigenvalue weighted by Gasteiger charge is 2.84. The molecule has 3 unspecified atom stereocenters. The maximum absolute atomic E-state index is 13.1. The van der Waals surface area contributed by atoms with Crippen LogP contribution in [0.25, 0.3) is 0 Å². The molecule has 6 nitrogen and oxygen atoms in total. The molecule has 7 rings (SSSR count). The third kappa shape index (κ3) is 1.68. The summed E-state index contributed by atoms with van der Waals surface area (Å²) in [5.74, 6) is -0.969. The van der Waals surface area contributed by atoms with Gasteiger partial charge in [0.05, 0.1) is 23.7 Å². The number of fused-ring (bicyclic) bond motifs is 2. The highest BCUT2D eigenvalue weighted by atomic mass is 16.5. The molecule has 3 aliphatic heterocycles. The fourth-order valence-electron chi connectivity index (χ4n) is 9.64. The Hall–Kier alpha value is -0.690. The number of hydrogen-bond acceptors (Lipinski definition) is 6. The number of methoxy groups -OCH3 is 1. The minimum absolute atomic E-state index is 0.0123. The summed E-state index contributed by atoms with van der Waals surface area (Å²) < 4.78 is 11.9. The molecular formula is C22H33NO5. The SMILES string of the molecule is CCN1C[C@]2(C)CC[C@H](OC)[C@@]34C5C[C@@H]6CC[C@@](O)(C5C(=O)O6)[C@@H]([C@@H](O)C23)[C@@H]14. The van der Waals surface area contributed by atoms with Crippen LogP contribution < -0.4 is 0 Å². The second-order valence-electron chi connectivity index (χ2n) is 10.8. The van der Waals surface area contributed by atoms with E-state index >= 15 is 0 Å². The molecule has 0 aromatic rings. The first-order valence-corrected chi connectivity index (χ1v) is 11.2. The average molecular weight is 392 g/mol. The number of aliphatic hydroxyl groups excluding tert-OH is 1. The van der Waals surface area contributed by atoms with Crippen molar-refractivity contribution >= 4 is 5.97 Å². The maximum atomic E-state index is 13.1.